The lowest BCUT2D eigenvalue weighted by Crippen LogP contribution is -2.19. The van der Waals surface area contributed by atoms with Crippen LogP contribution in [-0.2, 0) is 6.54 Å². The summed E-state index contributed by atoms with van der Waals surface area (Å²) in [5, 5.41) is 3.39. The first-order valence-corrected chi connectivity index (χ1v) is 7.55. The SMILES string of the molecule is Cc1ccc(CNC(C)c2cncc(F)c2)c(OC(C)C)c1. The van der Waals surface area contributed by atoms with Gasteiger partial charge in [0.25, 0.3) is 0 Å². The van der Waals surface area contributed by atoms with Gasteiger partial charge in [-0.05, 0) is 51.0 Å². The van der Waals surface area contributed by atoms with E-state index in [1.165, 1.54) is 17.8 Å². The standard InChI is InChI=1S/C18H23FN2O/c1-12(2)22-18-7-13(3)5-6-15(18)10-21-14(4)16-8-17(19)11-20-9-16/h5-9,11-12,14,21H,10H2,1-4H3. The topological polar surface area (TPSA) is 34.2 Å². The molecule has 1 aromatic carbocycles. The fourth-order valence-corrected chi connectivity index (χ4v) is 2.22. The molecule has 0 saturated carbocycles. The largest absolute Gasteiger partial charge is 0.491 e. The molecule has 2 rings (SSSR count). The molecular formula is C18H23FN2O. The Kier molecular flexibility index (Phi) is 5.50. The Bertz CT molecular complexity index is 628. The number of halogens is 1. The van der Waals surface area contributed by atoms with Crippen molar-refractivity contribution in [1.82, 2.24) is 10.3 Å². The van der Waals surface area contributed by atoms with Crippen LogP contribution in [0.2, 0.25) is 0 Å². The third-order valence-electron chi connectivity index (χ3n) is 3.41. The molecular weight excluding hydrogens is 279 g/mol. The van der Waals surface area contributed by atoms with Gasteiger partial charge in [0.05, 0.1) is 12.3 Å². The molecule has 2 aromatic rings. The number of nitrogens with zero attached hydrogens (tertiary/aromatic N) is 1. The van der Waals surface area contributed by atoms with Crippen LogP contribution in [-0.4, -0.2) is 11.1 Å². The summed E-state index contributed by atoms with van der Waals surface area (Å²) in [6, 6.07) is 7.70. The zero-order valence-electron chi connectivity index (χ0n) is 13.6. The third-order valence-corrected chi connectivity index (χ3v) is 3.41. The predicted octanol–water partition coefficient (Wildman–Crippen LogP) is 4.17. The third kappa shape index (κ3) is 4.53. The second-order valence-electron chi connectivity index (χ2n) is 5.82. The summed E-state index contributed by atoms with van der Waals surface area (Å²) in [5.41, 5.74) is 3.09. The van der Waals surface area contributed by atoms with E-state index in [0.717, 1.165) is 16.9 Å². The van der Waals surface area contributed by atoms with Crippen molar-refractivity contribution in [1.29, 1.82) is 0 Å². The van der Waals surface area contributed by atoms with Gasteiger partial charge in [-0.25, -0.2) is 4.39 Å². The summed E-state index contributed by atoms with van der Waals surface area (Å²) >= 11 is 0. The summed E-state index contributed by atoms with van der Waals surface area (Å²) in [4.78, 5) is 3.89. The van der Waals surface area contributed by atoms with E-state index in [1.807, 2.05) is 33.8 Å². The Morgan fingerprint density at radius 1 is 1.18 bits per heavy atom. The fraction of sp³-hybridized carbons (Fsp3) is 0.389. The van der Waals surface area contributed by atoms with Gasteiger partial charge in [0.2, 0.25) is 0 Å². The normalized spacial score (nSPS) is 12.5. The Morgan fingerprint density at radius 2 is 1.95 bits per heavy atom. The first-order valence-electron chi connectivity index (χ1n) is 7.55. The van der Waals surface area contributed by atoms with E-state index in [0.29, 0.717) is 6.54 Å². The molecule has 0 aliphatic heterocycles. The van der Waals surface area contributed by atoms with Gasteiger partial charge >= 0.3 is 0 Å². The van der Waals surface area contributed by atoms with Crippen molar-refractivity contribution in [3.63, 3.8) is 0 Å². The first kappa shape index (κ1) is 16.4. The fourth-order valence-electron chi connectivity index (χ4n) is 2.22. The van der Waals surface area contributed by atoms with Crippen LogP contribution >= 0.6 is 0 Å². The van der Waals surface area contributed by atoms with Gasteiger partial charge in [-0.2, -0.15) is 0 Å². The maximum Gasteiger partial charge on any atom is 0.141 e. The maximum atomic E-state index is 13.2. The molecule has 0 amide bonds. The van der Waals surface area contributed by atoms with E-state index in [-0.39, 0.29) is 18.0 Å². The molecule has 4 heteroatoms. The molecule has 1 unspecified atom stereocenters. The number of aryl methyl sites for hydroxylation is 1. The van der Waals surface area contributed by atoms with Crippen molar-refractivity contribution in [2.24, 2.45) is 0 Å². The van der Waals surface area contributed by atoms with E-state index in [4.69, 9.17) is 4.74 Å². The molecule has 3 nitrogen and oxygen atoms in total. The second-order valence-corrected chi connectivity index (χ2v) is 5.82. The Morgan fingerprint density at radius 3 is 2.64 bits per heavy atom. The number of pyridine rings is 1. The monoisotopic (exact) mass is 302 g/mol. The van der Waals surface area contributed by atoms with Crippen molar-refractivity contribution in [3.8, 4) is 5.75 Å². The van der Waals surface area contributed by atoms with E-state index in [9.17, 15) is 4.39 Å². The van der Waals surface area contributed by atoms with E-state index < -0.39 is 0 Å². The number of rotatable bonds is 6. The van der Waals surface area contributed by atoms with Gasteiger partial charge in [0.1, 0.15) is 11.6 Å². The van der Waals surface area contributed by atoms with Crippen LogP contribution in [0.15, 0.2) is 36.7 Å². The van der Waals surface area contributed by atoms with Gasteiger partial charge in [-0.15, -0.1) is 0 Å². The number of nitrogens with one attached hydrogen (secondary N) is 1. The zero-order chi connectivity index (χ0) is 16.1. The summed E-state index contributed by atoms with van der Waals surface area (Å²) in [5.74, 6) is 0.581. The van der Waals surface area contributed by atoms with Gasteiger partial charge in [-0.1, -0.05) is 12.1 Å². The number of hydrogen-bond acceptors (Lipinski definition) is 3. The summed E-state index contributed by atoms with van der Waals surface area (Å²) in [7, 11) is 0. The summed E-state index contributed by atoms with van der Waals surface area (Å²) in [6.07, 6.45) is 3.03. The smallest absolute Gasteiger partial charge is 0.141 e. The Hall–Kier alpha value is -1.94. The van der Waals surface area contributed by atoms with Crippen LogP contribution in [0.1, 0.15) is 43.5 Å². The van der Waals surface area contributed by atoms with Crippen LogP contribution in [0.5, 0.6) is 5.75 Å². The van der Waals surface area contributed by atoms with Crippen molar-refractivity contribution in [2.45, 2.75) is 46.4 Å². The lowest BCUT2D eigenvalue weighted by atomic mass is 10.1. The number of ether oxygens (including phenoxy) is 1. The molecule has 0 radical (unpaired) electrons. The lowest BCUT2D eigenvalue weighted by Gasteiger charge is -2.18. The van der Waals surface area contributed by atoms with Crippen molar-refractivity contribution < 1.29 is 9.13 Å². The zero-order valence-corrected chi connectivity index (χ0v) is 13.6. The van der Waals surface area contributed by atoms with Crippen molar-refractivity contribution in [3.05, 3.63) is 59.2 Å². The van der Waals surface area contributed by atoms with Crippen molar-refractivity contribution >= 4 is 0 Å². The average molecular weight is 302 g/mol. The molecule has 1 N–H and O–H groups in total. The minimum Gasteiger partial charge on any atom is -0.491 e. The van der Waals surface area contributed by atoms with Crippen LogP contribution < -0.4 is 10.1 Å². The highest BCUT2D eigenvalue weighted by Gasteiger charge is 2.10. The number of aromatic nitrogens is 1. The van der Waals surface area contributed by atoms with E-state index in [1.54, 1.807) is 6.20 Å². The average Bonchev–Trinajstić information content (AvgIpc) is 2.45. The van der Waals surface area contributed by atoms with Crippen LogP contribution in [0, 0.1) is 12.7 Å². The highest BCUT2D eigenvalue weighted by Crippen LogP contribution is 2.23. The molecule has 22 heavy (non-hydrogen) atoms. The van der Waals surface area contributed by atoms with Gasteiger partial charge in [0.15, 0.2) is 0 Å². The Balaban J connectivity index is 2.07. The minimum absolute atomic E-state index is 0.0106. The summed E-state index contributed by atoms with van der Waals surface area (Å²) in [6.45, 7) is 8.72. The van der Waals surface area contributed by atoms with Crippen LogP contribution in [0.25, 0.3) is 0 Å². The first-order chi connectivity index (χ1) is 10.5. The highest BCUT2D eigenvalue weighted by molar-refractivity contribution is 5.37. The lowest BCUT2D eigenvalue weighted by molar-refractivity contribution is 0.239. The van der Waals surface area contributed by atoms with E-state index in [2.05, 4.69) is 22.4 Å². The molecule has 0 bridgehead atoms. The molecule has 1 heterocycles. The van der Waals surface area contributed by atoms with Crippen LogP contribution in [0.3, 0.4) is 0 Å². The summed E-state index contributed by atoms with van der Waals surface area (Å²) < 4.78 is 19.1. The van der Waals surface area contributed by atoms with Gasteiger partial charge < -0.3 is 10.1 Å². The van der Waals surface area contributed by atoms with Crippen LogP contribution in [0.4, 0.5) is 4.39 Å². The molecule has 0 saturated heterocycles. The van der Waals surface area contributed by atoms with Gasteiger partial charge in [-0.3, -0.25) is 4.98 Å². The maximum absolute atomic E-state index is 13.2. The molecule has 0 aliphatic rings. The quantitative estimate of drug-likeness (QED) is 0.869. The van der Waals surface area contributed by atoms with Crippen molar-refractivity contribution in [2.75, 3.05) is 0 Å². The molecule has 1 aromatic heterocycles. The molecule has 118 valence electrons. The molecule has 1 atom stereocenters. The number of hydrogen-bond donors (Lipinski definition) is 1. The van der Waals surface area contributed by atoms with Gasteiger partial charge in [0, 0.05) is 24.3 Å². The number of benzene rings is 1. The molecule has 0 aliphatic carbocycles. The van der Waals surface area contributed by atoms with E-state index >= 15 is 0 Å². The second kappa shape index (κ2) is 7.36. The predicted molar refractivity (Wildman–Crippen MR) is 86.4 cm³/mol. The molecule has 0 fully saturated rings. The highest BCUT2D eigenvalue weighted by atomic mass is 19.1. The Labute approximate surface area is 131 Å². The molecule has 0 spiro atoms. The minimum atomic E-state index is -0.315.